The summed E-state index contributed by atoms with van der Waals surface area (Å²) in [6, 6.07) is 13.9. The molecular weight excluding hydrogens is 302 g/mol. The third-order valence-corrected chi connectivity index (χ3v) is 4.50. The van der Waals surface area contributed by atoms with Crippen molar-refractivity contribution in [3.63, 3.8) is 0 Å². The highest BCUT2D eigenvalue weighted by Gasteiger charge is 2.45. The zero-order valence-corrected chi connectivity index (χ0v) is 13.3. The third kappa shape index (κ3) is 3.11. The monoisotopic (exact) mass is 321 g/mol. The minimum atomic E-state index is 0.0365. The second-order valence-corrected chi connectivity index (χ2v) is 6.15. The molecule has 0 aliphatic heterocycles. The van der Waals surface area contributed by atoms with Gasteiger partial charge in [0.25, 0.3) is 0 Å². The molecule has 1 fully saturated rings. The molecule has 1 aliphatic carbocycles. The maximum Gasteiger partial charge on any atom is 0.224 e. The van der Waals surface area contributed by atoms with E-state index in [0.29, 0.717) is 13.1 Å². The number of nitrogens with one attached hydrogen (secondary N) is 1. The average Bonchev–Trinajstić information content (AvgIpc) is 3.01. The van der Waals surface area contributed by atoms with Gasteiger partial charge in [0, 0.05) is 30.8 Å². The molecule has 1 N–H and O–H groups in total. The number of furan rings is 1. The molecule has 0 radical (unpaired) electrons. The van der Waals surface area contributed by atoms with Gasteiger partial charge in [-0.2, -0.15) is 5.10 Å². The van der Waals surface area contributed by atoms with Crippen molar-refractivity contribution in [2.75, 3.05) is 0 Å². The van der Waals surface area contributed by atoms with Crippen LogP contribution in [0.3, 0.4) is 0 Å². The van der Waals surface area contributed by atoms with Gasteiger partial charge in [-0.25, -0.2) is 0 Å². The zero-order chi connectivity index (χ0) is 16.4. The van der Waals surface area contributed by atoms with E-state index >= 15 is 0 Å². The number of carbonyl (C=O) groups excluding carboxylic acids is 1. The summed E-state index contributed by atoms with van der Waals surface area (Å²) in [5.41, 5.74) is 2.29. The van der Waals surface area contributed by atoms with Gasteiger partial charge in [-0.05, 0) is 35.7 Å². The van der Waals surface area contributed by atoms with Crippen LogP contribution in [0.5, 0.6) is 0 Å². The normalized spacial score (nSPS) is 19.2. The number of hydrogen-bond acceptors (Lipinski definition) is 3. The average molecular weight is 321 g/mol. The number of benzene rings is 1. The summed E-state index contributed by atoms with van der Waals surface area (Å²) in [6.07, 6.45) is 6.24. The van der Waals surface area contributed by atoms with Crippen LogP contribution in [0.2, 0.25) is 0 Å². The Kier molecular flexibility index (Phi) is 3.91. The smallest absolute Gasteiger partial charge is 0.224 e. The van der Waals surface area contributed by atoms with Gasteiger partial charge in [0.05, 0.1) is 12.8 Å². The van der Waals surface area contributed by atoms with Gasteiger partial charge in [0.15, 0.2) is 0 Å². The Morgan fingerprint density at radius 3 is 2.83 bits per heavy atom. The molecule has 122 valence electrons. The molecule has 5 heteroatoms. The van der Waals surface area contributed by atoms with Crippen LogP contribution in [0.1, 0.15) is 29.2 Å². The van der Waals surface area contributed by atoms with Crippen LogP contribution in [-0.4, -0.2) is 15.7 Å². The highest BCUT2D eigenvalue weighted by atomic mass is 16.3. The third-order valence-electron chi connectivity index (χ3n) is 4.50. The van der Waals surface area contributed by atoms with E-state index in [1.807, 2.05) is 41.2 Å². The Bertz CT molecular complexity index is 809. The van der Waals surface area contributed by atoms with Gasteiger partial charge in [-0.3, -0.25) is 9.48 Å². The van der Waals surface area contributed by atoms with E-state index < -0.39 is 0 Å². The summed E-state index contributed by atoms with van der Waals surface area (Å²) in [4.78, 5) is 12.3. The largest absolute Gasteiger partial charge is 0.469 e. The van der Waals surface area contributed by atoms with Gasteiger partial charge in [-0.1, -0.05) is 24.3 Å². The fourth-order valence-electron chi connectivity index (χ4n) is 3.07. The molecule has 0 saturated heterocycles. The molecule has 24 heavy (non-hydrogen) atoms. The van der Waals surface area contributed by atoms with Gasteiger partial charge >= 0.3 is 0 Å². The molecule has 2 heterocycles. The van der Waals surface area contributed by atoms with Gasteiger partial charge in [0.2, 0.25) is 5.91 Å². The molecule has 2 atom stereocenters. The molecule has 4 rings (SSSR count). The Hall–Kier alpha value is -2.82. The van der Waals surface area contributed by atoms with Gasteiger partial charge in [-0.15, -0.1) is 0 Å². The maximum absolute atomic E-state index is 12.3. The van der Waals surface area contributed by atoms with E-state index in [1.54, 1.807) is 12.5 Å². The molecule has 2 unspecified atom stereocenters. The molecule has 0 bridgehead atoms. The van der Waals surface area contributed by atoms with Crippen LogP contribution in [0.25, 0.3) is 0 Å². The Labute approximate surface area is 140 Å². The van der Waals surface area contributed by atoms with Crippen LogP contribution < -0.4 is 5.32 Å². The van der Waals surface area contributed by atoms with E-state index in [9.17, 15) is 4.79 Å². The van der Waals surface area contributed by atoms with E-state index in [0.717, 1.165) is 17.7 Å². The first-order valence-electron chi connectivity index (χ1n) is 8.16. The van der Waals surface area contributed by atoms with Crippen molar-refractivity contribution in [3.05, 3.63) is 78.0 Å². The number of hydrogen-bond donors (Lipinski definition) is 1. The maximum atomic E-state index is 12.3. The fourth-order valence-corrected chi connectivity index (χ4v) is 3.07. The van der Waals surface area contributed by atoms with E-state index in [2.05, 4.69) is 22.5 Å². The lowest BCUT2D eigenvalue weighted by molar-refractivity contribution is -0.122. The lowest BCUT2D eigenvalue weighted by atomic mass is 10.1. The summed E-state index contributed by atoms with van der Waals surface area (Å²) < 4.78 is 7.27. The molecule has 1 aliphatic rings. The summed E-state index contributed by atoms with van der Waals surface area (Å²) >= 11 is 0. The Morgan fingerprint density at radius 1 is 1.21 bits per heavy atom. The minimum absolute atomic E-state index is 0.0365. The lowest BCUT2D eigenvalue weighted by Gasteiger charge is -2.11. The molecular formula is C19H19N3O2. The van der Waals surface area contributed by atoms with Crippen molar-refractivity contribution < 1.29 is 9.21 Å². The summed E-state index contributed by atoms with van der Waals surface area (Å²) in [5, 5.41) is 7.31. The minimum Gasteiger partial charge on any atom is -0.469 e. The van der Waals surface area contributed by atoms with E-state index in [4.69, 9.17) is 4.42 Å². The summed E-state index contributed by atoms with van der Waals surface area (Å²) in [7, 11) is 0. The zero-order valence-electron chi connectivity index (χ0n) is 13.3. The van der Waals surface area contributed by atoms with Gasteiger partial charge in [0.1, 0.15) is 5.76 Å². The molecule has 5 nitrogen and oxygen atoms in total. The van der Waals surface area contributed by atoms with Crippen LogP contribution in [0, 0.1) is 5.92 Å². The van der Waals surface area contributed by atoms with Crippen molar-refractivity contribution in [1.29, 1.82) is 0 Å². The quantitative estimate of drug-likeness (QED) is 0.759. The van der Waals surface area contributed by atoms with Crippen molar-refractivity contribution >= 4 is 5.91 Å². The molecule has 1 saturated carbocycles. The van der Waals surface area contributed by atoms with Gasteiger partial charge < -0.3 is 9.73 Å². The van der Waals surface area contributed by atoms with Crippen LogP contribution in [-0.2, 0) is 17.9 Å². The first kappa shape index (κ1) is 14.8. The van der Waals surface area contributed by atoms with Crippen molar-refractivity contribution in [3.8, 4) is 0 Å². The lowest BCUT2D eigenvalue weighted by Crippen LogP contribution is -2.25. The van der Waals surface area contributed by atoms with Crippen molar-refractivity contribution in [1.82, 2.24) is 15.1 Å². The highest BCUT2D eigenvalue weighted by Crippen LogP contribution is 2.47. The first-order valence-corrected chi connectivity index (χ1v) is 8.16. The number of rotatable bonds is 6. The SMILES string of the molecule is O=C(NCc1ccccc1Cn1cccn1)C1CC1c1ccco1. The Balaban J connectivity index is 1.37. The second-order valence-electron chi connectivity index (χ2n) is 6.15. The molecule has 0 spiro atoms. The highest BCUT2D eigenvalue weighted by molar-refractivity contribution is 5.82. The van der Waals surface area contributed by atoms with Crippen LogP contribution in [0.4, 0.5) is 0 Å². The molecule has 1 aromatic carbocycles. The number of nitrogens with zero attached hydrogens (tertiary/aromatic N) is 2. The van der Waals surface area contributed by atoms with E-state index in [-0.39, 0.29) is 17.7 Å². The summed E-state index contributed by atoms with van der Waals surface area (Å²) in [6.45, 7) is 1.25. The predicted octanol–water partition coefficient (Wildman–Crippen LogP) is 2.94. The molecule has 3 aromatic rings. The van der Waals surface area contributed by atoms with E-state index in [1.165, 1.54) is 5.56 Å². The summed E-state index contributed by atoms with van der Waals surface area (Å²) in [5.74, 6) is 1.29. The van der Waals surface area contributed by atoms with Crippen molar-refractivity contribution in [2.24, 2.45) is 5.92 Å². The molecule has 1 amide bonds. The molecule has 2 aromatic heterocycles. The standard InChI is InChI=1S/C19H19N3O2/c23-19(17-11-16(17)18-7-3-10-24-18)20-12-14-5-1-2-6-15(14)13-22-9-4-8-21-22/h1-10,16-17H,11-13H2,(H,20,23). The van der Waals surface area contributed by atoms with Crippen LogP contribution in [0.15, 0.2) is 65.5 Å². The fraction of sp³-hybridized carbons (Fsp3) is 0.263. The number of aromatic nitrogens is 2. The Morgan fingerprint density at radius 2 is 2.08 bits per heavy atom. The van der Waals surface area contributed by atoms with Crippen molar-refractivity contribution in [2.45, 2.75) is 25.4 Å². The first-order chi connectivity index (χ1) is 11.8. The van der Waals surface area contributed by atoms with Crippen LogP contribution >= 0.6 is 0 Å². The number of amides is 1. The number of carbonyl (C=O) groups is 1. The second kappa shape index (κ2) is 6.35. The predicted molar refractivity (Wildman–Crippen MR) is 89.2 cm³/mol. The topological polar surface area (TPSA) is 60.1 Å².